The quantitative estimate of drug-likeness (QED) is 0.596. The van der Waals surface area contributed by atoms with Gasteiger partial charge in [-0.1, -0.05) is 42.4 Å². The molecule has 0 atom stereocenters. The molecule has 0 unspecified atom stereocenters. The Bertz CT molecular complexity index is 892. The minimum absolute atomic E-state index is 0.0560. The molecule has 0 radical (unpaired) electrons. The molecular formula is C22H32N6O2S. The van der Waals surface area contributed by atoms with E-state index in [0.29, 0.717) is 31.9 Å². The third-order valence-corrected chi connectivity index (χ3v) is 6.25. The number of nitrogens with zero attached hydrogens (tertiary/aromatic N) is 5. The number of hydrogen-bond acceptors (Lipinski definition) is 6. The highest BCUT2D eigenvalue weighted by Gasteiger charge is 2.23. The van der Waals surface area contributed by atoms with Gasteiger partial charge in [-0.2, -0.15) is 0 Å². The number of hydrogen-bond donors (Lipinski definition) is 1. The van der Waals surface area contributed by atoms with Gasteiger partial charge in [-0.3, -0.25) is 14.5 Å². The third kappa shape index (κ3) is 6.30. The van der Waals surface area contributed by atoms with Gasteiger partial charge in [-0.05, 0) is 26.3 Å². The molecule has 3 rings (SSSR count). The van der Waals surface area contributed by atoms with Crippen LogP contribution in [0.3, 0.4) is 0 Å². The van der Waals surface area contributed by atoms with Crippen molar-refractivity contribution < 1.29 is 9.59 Å². The minimum Gasteiger partial charge on any atom is -0.355 e. The molecule has 31 heavy (non-hydrogen) atoms. The molecule has 1 aliphatic heterocycles. The van der Waals surface area contributed by atoms with Crippen LogP contribution in [0.25, 0.3) is 11.4 Å². The van der Waals surface area contributed by atoms with Gasteiger partial charge in [0.05, 0.1) is 12.3 Å². The summed E-state index contributed by atoms with van der Waals surface area (Å²) in [6.45, 7) is 10.7. The zero-order valence-electron chi connectivity index (χ0n) is 18.6. The third-order valence-electron chi connectivity index (χ3n) is 5.30. The summed E-state index contributed by atoms with van der Waals surface area (Å²) >= 11 is 1.43. The van der Waals surface area contributed by atoms with Crippen LogP contribution < -0.4 is 5.32 Å². The van der Waals surface area contributed by atoms with Gasteiger partial charge in [0.25, 0.3) is 0 Å². The smallest absolute Gasteiger partial charge is 0.234 e. The zero-order valence-corrected chi connectivity index (χ0v) is 19.5. The number of rotatable bonds is 9. The number of aryl methyl sites for hydroxylation is 1. The number of thioether (sulfide) groups is 1. The van der Waals surface area contributed by atoms with Gasteiger partial charge >= 0.3 is 0 Å². The number of carbonyl (C=O) groups excluding carboxylic acids is 2. The number of aromatic nitrogens is 3. The van der Waals surface area contributed by atoms with E-state index in [1.165, 1.54) is 17.3 Å². The number of piperazine rings is 1. The van der Waals surface area contributed by atoms with Crippen molar-refractivity contribution in [1.82, 2.24) is 29.9 Å². The molecule has 2 aromatic rings. The van der Waals surface area contributed by atoms with Crippen LogP contribution in [-0.2, 0) is 16.1 Å². The fourth-order valence-corrected chi connectivity index (χ4v) is 4.48. The van der Waals surface area contributed by atoms with Crippen LogP contribution in [0.1, 0.15) is 25.8 Å². The molecule has 168 valence electrons. The second-order valence-electron chi connectivity index (χ2n) is 7.72. The standard InChI is InChI=1S/C22H32N6O2S/c1-4-9-23-19(29)15-26-10-12-27(13-11-26)20(30)16-31-22-25-24-21(28(22)5-2)18-8-6-7-17(3)14-18/h6-8,14H,4-5,9-13,15-16H2,1-3H3,(H,23,29). The second-order valence-corrected chi connectivity index (χ2v) is 8.66. The van der Waals surface area contributed by atoms with Crippen LogP contribution in [0.4, 0.5) is 0 Å². The van der Waals surface area contributed by atoms with Gasteiger partial charge in [0.15, 0.2) is 11.0 Å². The van der Waals surface area contributed by atoms with Gasteiger partial charge in [0.1, 0.15) is 0 Å². The largest absolute Gasteiger partial charge is 0.355 e. The van der Waals surface area contributed by atoms with Crippen molar-refractivity contribution in [3.05, 3.63) is 29.8 Å². The highest BCUT2D eigenvalue weighted by Crippen LogP contribution is 2.25. The molecule has 9 heteroatoms. The van der Waals surface area contributed by atoms with Crippen LogP contribution >= 0.6 is 11.8 Å². The van der Waals surface area contributed by atoms with Crippen molar-refractivity contribution in [1.29, 1.82) is 0 Å². The number of benzene rings is 1. The predicted octanol–water partition coefficient (Wildman–Crippen LogP) is 2.04. The van der Waals surface area contributed by atoms with Gasteiger partial charge in [0.2, 0.25) is 11.8 Å². The lowest BCUT2D eigenvalue weighted by molar-refractivity contribution is -0.130. The first-order valence-corrected chi connectivity index (χ1v) is 11.9. The fraction of sp³-hybridized carbons (Fsp3) is 0.545. The van der Waals surface area contributed by atoms with Crippen LogP contribution in [-0.4, -0.2) is 81.4 Å². The van der Waals surface area contributed by atoms with Gasteiger partial charge in [-0.25, -0.2) is 0 Å². The van der Waals surface area contributed by atoms with E-state index in [4.69, 9.17) is 0 Å². The highest BCUT2D eigenvalue weighted by atomic mass is 32.2. The highest BCUT2D eigenvalue weighted by molar-refractivity contribution is 7.99. The molecule has 0 aliphatic carbocycles. The van der Waals surface area contributed by atoms with Gasteiger partial charge in [-0.15, -0.1) is 10.2 Å². The first-order valence-electron chi connectivity index (χ1n) is 10.9. The topological polar surface area (TPSA) is 83.4 Å². The molecule has 1 saturated heterocycles. The molecule has 0 spiro atoms. The van der Waals surface area contributed by atoms with Gasteiger partial charge < -0.3 is 14.8 Å². The summed E-state index contributed by atoms with van der Waals surface area (Å²) in [6.07, 6.45) is 0.934. The van der Waals surface area contributed by atoms with Crippen molar-refractivity contribution in [3.8, 4) is 11.4 Å². The molecule has 1 fully saturated rings. The molecule has 1 aromatic heterocycles. The molecule has 2 heterocycles. The number of nitrogens with one attached hydrogen (secondary N) is 1. The molecule has 1 N–H and O–H groups in total. The Balaban J connectivity index is 1.51. The van der Waals surface area contributed by atoms with E-state index in [2.05, 4.69) is 51.0 Å². The average molecular weight is 445 g/mol. The maximum Gasteiger partial charge on any atom is 0.234 e. The van der Waals surface area contributed by atoms with Crippen LogP contribution in [0.15, 0.2) is 29.4 Å². The first-order chi connectivity index (χ1) is 15.0. The number of amides is 2. The summed E-state index contributed by atoms with van der Waals surface area (Å²) < 4.78 is 2.06. The molecule has 0 bridgehead atoms. The van der Waals surface area contributed by atoms with Crippen molar-refractivity contribution in [2.75, 3.05) is 45.0 Å². The van der Waals surface area contributed by atoms with E-state index < -0.39 is 0 Å². The van der Waals surface area contributed by atoms with Crippen molar-refractivity contribution in [2.45, 2.75) is 38.9 Å². The lowest BCUT2D eigenvalue weighted by atomic mass is 10.1. The average Bonchev–Trinajstić information content (AvgIpc) is 3.19. The lowest BCUT2D eigenvalue weighted by Crippen LogP contribution is -2.51. The Morgan fingerprint density at radius 1 is 1.13 bits per heavy atom. The molecule has 1 aromatic carbocycles. The Hall–Kier alpha value is -2.39. The van der Waals surface area contributed by atoms with Crippen LogP contribution in [0, 0.1) is 6.92 Å². The Kier molecular flexibility index (Phi) is 8.48. The van der Waals surface area contributed by atoms with E-state index in [1.807, 2.05) is 24.0 Å². The maximum atomic E-state index is 12.7. The Labute approximate surface area is 188 Å². The van der Waals surface area contributed by atoms with Crippen molar-refractivity contribution >= 4 is 23.6 Å². The monoisotopic (exact) mass is 444 g/mol. The normalized spacial score (nSPS) is 14.6. The minimum atomic E-state index is 0.0560. The number of carbonyl (C=O) groups is 2. The lowest BCUT2D eigenvalue weighted by Gasteiger charge is -2.34. The zero-order chi connectivity index (χ0) is 22.2. The Morgan fingerprint density at radius 3 is 2.58 bits per heavy atom. The maximum absolute atomic E-state index is 12.7. The van der Waals surface area contributed by atoms with E-state index in [0.717, 1.165) is 42.6 Å². The molecular weight excluding hydrogens is 412 g/mol. The fourth-order valence-electron chi connectivity index (χ4n) is 3.57. The van der Waals surface area contributed by atoms with E-state index >= 15 is 0 Å². The Morgan fingerprint density at radius 2 is 1.90 bits per heavy atom. The SMILES string of the molecule is CCCNC(=O)CN1CCN(C(=O)CSc2nnc(-c3cccc(C)c3)n2CC)CC1. The second kappa shape index (κ2) is 11.3. The summed E-state index contributed by atoms with van der Waals surface area (Å²) in [5.74, 6) is 1.32. The first kappa shape index (κ1) is 23.3. The summed E-state index contributed by atoms with van der Waals surface area (Å²) in [5.41, 5.74) is 2.21. The summed E-state index contributed by atoms with van der Waals surface area (Å²) in [6, 6.07) is 8.20. The molecule has 1 aliphatic rings. The van der Waals surface area contributed by atoms with E-state index in [-0.39, 0.29) is 11.8 Å². The summed E-state index contributed by atoms with van der Waals surface area (Å²) in [7, 11) is 0. The summed E-state index contributed by atoms with van der Waals surface area (Å²) in [5, 5.41) is 12.4. The van der Waals surface area contributed by atoms with Crippen LogP contribution in [0.2, 0.25) is 0 Å². The van der Waals surface area contributed by atoms with E-state index in [1.54, 1.807) is 0 Å². The van der Waals surface area contributed by atoms with Crippen LogP contribution in [0.5, 0.6) is 0 Å². The molecule has 0 saturated carbocycles. The van der Waals surface area contributed by atoms with E-state index in [9.17, 15) is 9.59 Å². The van der Waals surface area contributed by atoms with Gasteiger partial charge in [0, 0.05) is 44.8 Å². The summed E-state index contributed by atoms with van der Waals surface area (Å²) in [4.78, 5) is 28.6. The van der Waals surface area contributed by atoms with Crippen molar-refractivity contribution in [3.63, 3.8) is 0 Å². The van der Waals surface area contributed by atoms with Crippen molar-refractivity contribution in [2.24, 2.45) is 0 Å². The molecule has 2 amide bonds. The molecule has 8 nitrogen and oxygen atoms in total. The predicted molar refractivity (Wildman–Crippen MR) is 123 cm³/mol.